The van der Waals surface area contributed by atoms with Crippen LogP contribution in [0.5, 0.6) is 0 Å². The number of hydrogen-bond acceptors (Lipinski definition) is 5. The highest BCUT2D eigenvalue weighted by atomic mass is 32.2. The Labute approximate surface area is 122 Å². The molecule has 2 N–H and O–H groups in total. The van der Waals surface area contributed by atoms with Crippen LogP contribution in [0.4, 0.5) is 0 Å². The molecule has 1 aromatic heterocycles. The first kappa shape index (κ1) is 17.1. The van der Waals surface area contributed by atoms with Crippen LogP contribution in [0.3, 0.4) is 0 Å². The summed E-state index contributed by atoms with van der Waals surface area (Å²) in [5, 5.41) is 8.92. The SMILES string of the molecule is Cc1cc(S(=O)(=O)NCCOCC(C)C)sc1C(=O)O. The highest BCUT2D eigenvalue weighted by Gasteiger charge is 2.21. The molecule has 0 aliphatic carbocycles. The van der Waals surface area contributed by atoms with Gasteiger partial charge in [-0.15, -0.1) is 11.3 Å². The fourth-order valence-electron chi connectivity index (χ4n) is 1.44. The van der Waals surface area contributed by atoms with Gasteiger partial charge in [-0.3, -0.25) is 0 Å². The number of carboxylic acids is 1. The predicted octanol–water partition coefficient (Wildman–Crippen LogP) is 1.71. The van der Waals surface area contributed by atoms with Gasteiger partial charge in [0.15, 0.2) is 0 Å². The van der Waals surface area contributed by atoms with E-state index in [4.69, 9.17) is 9.84 Å². The number of ether oxygens (including phenoxy) is 1. The van der Waals surface area contributed by atoms with E-state index < -0.39 is 16.0 Å². The second-order valence-electron chi connectivity index (χ2n) is 4.75. The van der Waals surface area contributed by atoms with Crippen molar-refractivity contribution >= 4 is 27.3 Å². The van der Waals surface area contributed by atoms with E-state index in [1.165, 1.54) is 6.07 Å². The van der Waals surface area contributed by atoms with Gasteiger partial charge in [0.25, 0.3) is 0 Å². The molecule has 114 valence electrons. The average molecular weight is 321 g/mol. The molecule has 0 saturated carbocycles. The Hall–Kier alpha value is -0.960. The minimum absolute atomic E-state index is 0.0104. The van der Waals surface area contributed by atoms with Crippen molar-refractivity contribution in [3.63, 3.8) is 0 Å². The van der Waals surface area contributed by atoms with Gasteiger partial charge in [0.05, 0.1) is 6.61 Å². The fourth-order valence-corrected chi connectivity index (χ4v) is 3.87. The monoisotopic (exact) mass is 321 g/mol. The van der Waals surface area contributed by atoms with Crippen LogP contribution in [0.1, 0.15) is 29.1 Å². The Bertz CT molecular complexity index is 562. The van der Waals surface area contributed by atoms with Crippen LogP contribution in [-0.4, -0.2) is 39.3 Å². The summed E-state index contributed by atoms with van der Waals surface area (Å²) in [6.45, 7) is 6.60. The number of sulfonamides is 1. The molecule has 0 spiro atoms. The molecule has 0 saturated heterocycles. The van der Waals surface area contributed by atoms with Crippen LogP contribution >= 0.6 is 11.3 Å². The van der Waals surface area contributed by atoms with Crippen molar-refractivity contribution < 1.29 is 23.1 Å². The first-order valence-corrected chi connectivity index (χ1v) is 8.45. The third-order valence-electron chi connectivity index (χ3n) is 2.34. The molecule has 6 nitrogen and oxygen atoms in total. The van der Waals surface area contributed by atoms with Gasteiger partial charge >= 0.3 is 5.97 Å². The molecule has 8 heteroatoms. The van der Waals surface area contributed by atoms with Crippen molar-refractivity contribution in [1.82, 2.24) is 4.72 Å². The number of carbonyl (C=O) groups is 1. The zero-order valence-electron chi connectivity index (χ0n) is 11.7. The van der Waals surface area contributed by atoms with E-state index >= 15 is 0 Å². The molecule has 20 heavy (non-hydrogen) atoms. The van der Waals surface area contributed by atoms with Gasteiger partial charge in [0, 0.05) is 13.2 Å². The van der Waals surface area contributed by atoms with Crippen LogP contribution < -0.4 is 4.72 Å². The highest BCUT2D eigenvalue weighted by molar-refractivity contribution is 7.91. The Morgan fingerprint density at radius 1 is 1.50 bits per heavy atom. The van der Waals surface area contributed by atoms with E-state index in [1.54, 1.807) is 6.92 Å². The second-order valence-corrected chi connectivity index (χ2v) is 7.80. The summed E-state index contributed by atoms with van der Waals surface area (Å²) >= 11 is 0.752. The van der Waals surface area contributed by atoms with Gasteiger partial charge in [-0.1, -0.05) is 13.8 Å². The van der Waals surface area contributed by atoms with E-state index in [9.17, 15) is 13.2 Å². The molecule has 0 aromatic carbocycles. The molecule has 0 aliphatic rings. The smallest absolute Gasteiger partial charge is 0.346 e. The standard InChI is InChI=1S/C12H19NO5S2/c1-8(2)7-18-5-4-13-20(16,17)10-6-9(3)11(19-10)12(14)15/h6,8,13H,4-5,7H2,1-3H3,(H,14,15). The van der Waals surface area contributed by atoms with Crippen LogP contribution in [0.25, 0.3) is 0 Å². The first-order chi connectivity index (χ1) is 9.24. The zero-order chi connectivity index (χ0) is 15.3. The molecular weight excluding hydrogens is 302 g/mol. The Morgan fingerprint density at radius 3 is 2.65 bits per heavy atom. The van der Waals surface area contributed by atoms with E-state index in [2.05, 4.69) is 4.72 Å². The third-order valence-corrected chi connectivity index (χ3v) is 5.50. The molecular formula is C12H19NO5S2. The van der Waals surface area contributed by atoms with Crippen molar-refractivity contribution in [1.29, 1.82) is 0 Å². The Morgan fingerprint density at radius 2 is 2.15 bits per heavy atom. The third kappa shape index (κ3) is 4.86. The van der Waals surface area contributed by atoms with Crippen molar-refractivity contribution in [3.8, 4) is 0 Å². The molecule has 1 rings (SSSR count). The van der Waals surface area contributed by atoms with Crippen LogP contribution in [0.15, 0.2) is 10.3 Å². The summed E-state index contributed by atoms with van der Waals surface area (Å²) in [4.78, 5) is 10.9. The summed E-state index contributed by atoms with van der Waals surface area (Å²) in [5.74, 6) is -0.723. The number of carboxylic acid groups (broad SMARTS) is 1. The topological polar surface area (TPSA) is 92.7 Å². The summed E-state index contributed by atoms with van der Waals surface area (Å²) in [7, 11) is -3.67. The summed E-state index contributed by atoms with van der Waals surface area (Å²) < 4.78 is 31.6. The molecule has 1 aromatic rings. The van der Waals surface area contributed by atoms with Crippen molar-refractivity contribution in [2.75, 3.05) is 19.8 Å². The minimum atomic E-state index is -3.67. The van der Waals surface area contributed by atoms with Crippen LogP contribution in [0, 0.1) is 12.8 Å². The highest BCUT2D eigenvalue weighted by Crippen LogP contribution is 2.25. The Balaban J connectivity index is 2.61. The lowest BCUT2D eigenvalue weighted by Crippen LogP contribution is -2.27. The summed E-state index contributed by atoms with van der Waals surface area (Å²) in [6, 6.07) is 1.37. The number of nitrogens with one attached hydrogen (secondary N) is 1. The maximum atomic E-state index is 12.0. The van der Waals surface area contributed by atoms with Gasteiger partial charge in [-0.2, -0.15) is 0 Å². The molecule has 0 atom stereocenters. The number of hydrogen-bond donors (Lipinski definition) is 2. The summed E-state index contributed by atoms with van der Waals surface area (Å²) in [5.41, 5.74) is 0.443. The quantitative estimate of drug-likeness (QED) is 0.711. The molecule has 0 unspecified atom stereocenters. The maximum absolute atomic E-state index is 12.0. The van der Waals surface area contributed by atoms with Gasteiger partial charge < -0.3 is 9.84 Å². The molecule has 0 fully saturated rings. The summed E-state index contributed by atoms with van der Waals surface area (Å²) in [6.07, 6.45) is 0. The normalized spacial score (nSPS) is 12.0. The van der Waals surface area contributed by atoms with Gasteiger partial charge in [-0.25, -0.2) is 17.9 Å². The molecule has 0 bridgehead atoms. The number of aryl methyl sites for hydroxylation is 1. The van der Waals surface area contributed by atoms with Crippen molar-refractivity contribution in [2.45, 2.75) is 25.0 Å². The number of aromatic carboxylic acids is 1. The zero-order valence-corrected chi connectivity index (χ0v) is 13.3. The minimum Gasteiger partial charge on any atom is -0.477 e. The molecule has 0 aliphatic heterocycles. The van der Waals surface area contributed by atoms with Gasteiger partial charge in [0.2, 0.25) is 10.0 Å². The predicted molar refractivity (Wildman–Crippen MR) is 76.9 cm³/mol. The lowest BCUT2D eigenvalue weighted by Gasteiger charge is -2.07. The van der Waals surface area contributed by atoms with Crippen LogP contribution in [-0.2, 0) is 14.8 Å². The maximum Gasteiger partial charge on any atom is 0.346 e. The van der Waals surface area contributed by atoms with Crippen molar-refractivity contribution in [2.24, 2.45) is 5.92 Å². The first-order valence-electron chi connectivity index (χ1n) is 6.15. The number of thiophene rings is 1. The van der Waals surface area contributed by atoms with Gasteiger partial charge in [0.1, 0.15) is 9.09 Å². The van der Waals surface area contributed by atoms with E-state index in [0.29, 0.717) is 18.1 Å². The van der Waals surface area contributed by atoms with Crippen LogP contribution in [0.2, 0.25) is 0 Å². The second kappa shape index (κ2) is 7.16. The fraction of sp³-hybridized carbons (Fsp3) is 0.583. The lowest BCUT2D eigenvalue weighted by atomic mass is 10.2. The lowest BCUT2D eigenvalue weighted by molar-refractivity contribution is 0.0701. The van der Waals surface area contributed by atoms with E-state index in [1.807, 2.05) is 13.8 Å². The molecule has 1 heterocycles. The van der Waals surface area contributed by atoms with E-state index in [0.717, 1.165) is 11.3 Å². The number of rotatable bonds is 8. The van der Waals surface area contributed by atoms with E-state index in [-0.39, 0.29) is 22.2 Å². The molecule has 0 radical (unpaired) electrons. The average Bonchev–Trinajstić information content (AvgIpc) is 2.71. The van der Waals surface area contributed by atoms with Crippen molar-refractivity contribution in [3.05, 3.63) is 16.5 Å². The Kier molecular flexibility index (Phi) is 6.12. The largest absolute Gasteiger partial charge is 0.477 e. The van der Waals surface area contributed by atoms with Gasteiger partial charge in [-0.05, 0) is 24.5 Å². The molecule has 0 amide bonds.